The maximum absolute atomic E-state index is 5.79. The zero-order valence-corrected chi connectivity index (χ0v) is 13.3. The Labute approximate surface area is 132 Å². The van der Waals surface area contributed by atoms with E-state index in [9.17, 15) is 0 Å². The number of pyridine rings is 1. The summed E-state index contributed by atoms with van der Waals surface area (Å²) >= 11 is 8.44. The minimum Gasteiger partial charge on any atom is -0.493 e. The van der Waals surface area contributed by atoms with Crippen molar-refractivity contribution in [2.75, 3.05) is 6.61 Å². The molecule has 0 unspecified atom stereocenters. The van der Waals surface area contributed by atoms with Crippen LogP contribution < -0.4 is 10.5 Å². The number of nitrogens with zero attached hydrogens (tertiary/aromatic N) is 1. The van der Waals surface area contributed by atoms with E-state index >= 15 is 0 Å². The number of nitrogens with two attached hydrogens (primary N) is 1. The topological polar surface area (TPSA) is 48.1 Å². The average molecular weight is 351 g/mol. The van der Waals surface area contributed by atoms with Crippen molar-refractivity contribution >= 4 is 33.1 Å². The second-order valence-electron chi connectivity index (χ2n) is 4.31. The molecule has 0 aliphatic carbocycles. The zero-order chi connectivity index (χ0) is 14.4. The highest BCUT2D eigenvalue weighted by atomic mass is 79.9. The first-order chi connectivity index (χ1) is 9.66. The minimum absolute atomic E-state index is 0.349. The molecule has 3 nitrogen and oxygen atoms in total. The molecule has 20 heavy (non-hydrogen) atoms. The fourth-order valence-electron chi connectivity index (χ4n) is 1.83. The molecule has 0 radical (unpaired) electrons. The third kappa shape index (κ3) is 4.28. The van der Waals surface area contributed by atoms with E-state index in [2.05, 4.69) is 20.9 Å². The Hall–Kier alpha value is -1.46. The first kappa shape index (κ1) is 14.9. The van der Waals surface area contributed by atoms with Crippen molar-refractivity contribution in [2.24, 2.45) is 5.73 Å². The third-order valence-corrected chi connectivity index (χ3v) is 3.54. The molecule has 0 aliphatic rings. The molecular formula is C15H15BrN2OS. The molecule has 2 N–H and O–H groups in total. The molecule has 1 aromatic carbocycles. The molecule has 5 heteroatoms. The Morgan fingerprint density at radius 1 is 1.25 bits per heavy atom. The third-order valence-electron chi connectivity index (χ3n) is 2.83. The van der Waals surface area contributed by atoms with Crippen LogP contribution >= 0.6 is 28.1 Å². The van der Waals surface area contributed by atoms with Gasteiger partial charge in [-0.1, -0.05) is 28.1 Å². The highest BCUT2D eigenvalue weighted by Crippen LogP contribution is 2.24. The van der Waals surface area contributed by atoms with Crippen LogP contribution in [0.3, 0.4) is 0 Å². The van der Waals surface area contributed by atoms with Crippen molar-refractivity contribution in [3.63, 3.8) is 0 Å². The number of aryl methyl sites for hydroxylation is 1. The largest absolute Gasteiger partial charge is 0.493 e. The predicted octanol–water partition coefficient (Wildman–Crippen LogP) is 3.49. The number of rotatable bonds is 6. The summed E-state index contributed by atoms with van der Waals surface area (Å²) in [5.74, 6) is 0.724. The van der Waals surface area contributed by atoms with Crippen molar-refractivity contribution in [3.8, 4) is 5.75 Å². The fraction of sp³-hybridized carbons (Fsp3) is 0.200. The molecule has 0 spiro atoms. The van der Waals surface area contributed by atoms with Crippen LogP contribution in [0.5, 0.6) is 5.75 Å². The normalized spacial score (nSPS) is 10.2. The lowest BCUT2D eigenvalue weighted by atomic mass is 10.1. The molecular weight excluding hydrogens is 336 g/mol. The molecule has 104 valence electrons. The first-order valence-corrected chi connectivity index (χ1v) is 7.48. The molecule has 0 amide bonds. The van der Waals surface area contributed by atoms with Crippen molar-refractivity contribution < 1.29 is 4.74 Å². The number of halogens is 1. The van der Waals surface area contributed by atoms with Crippen molar-refractivity contribution in [3.05, 3.63) is 58.3 Å². The van der Waals surface area contributed by atoms with Gasteiger partial charge in [0.15, 0.2) is 0 Å². The van der Waals surface area contributed by atoms with Gasteiger partial charge >= 0.3 is 0 Å². The number of ether oxygens (including phenoxy) is 1. The Morgan fingerprint density at radius 3 is 2.70 bits per heavy atom. The standard InChI is InChI=1S/C15H15BrN2OS/c16-12-3-4-13(15(17)20)14(10-12)19-9-1-2-11-5-7-18-8-6-11/h3-8,10H,1-2,9H2,(H2,17,20). The summed E-state index contributed by atoms with van der Waals surface area (Å²) < 4.78 is 6.73. The van der Waals surface area contributed by atoms with Gasteiger partial charge in [-0.15, -0.1) is 0 Å². The van der Waals surface area contributed by atoms with Crippen LogP contribution in [0.2, 0.25) is 0 Å². The van der Waals surface area contributed by atoms with Gasteiger partial charge in [0.1, 0.15) is 10.7 Å². The van der Waals surface area contributed by atoms with Gasteiger partial charge in [0.25, 0.3) is 0 Å². The van der Waals surface area contributed by atoms with E-state index in [4.69, 9.17) is 22.7 Å². The molecule has 0 atom stereocenters. The lowest BCUT2D eigenvalue weighted by Gasteiger charge is -2.11. The molecule has 1 heterocycles. The van der Waals surface area contributed by atoms with Gasteiger partial charge in [-0.2, -0.15) is 0 Å². The van der Waals surface area contributed by atoms with E-state index in [1.807, 2.05) is 30.3 Å². The number of benzene rings is 1. The van der Waals surface area contributed by atoms with E-state index < -0.39 is 0 Å². The summed E-state index contributed by atoms with van der Waals surface area (Å²) in [6, 6.07) is 9.68. The van der Waals surface area contributed by atoms with Crippen LogP contribution in [0.15, 0.2) is 47.2 Å². The molecule has 2 aromatic rings. The van der Waals surface area contributed by atoms with E-state index in [-0.39, 0.29) is 0 Å². The fourth-order valence-corrected chi connectivity index (χ4v) is 2.34. The van der Waals surface area contributed by atoms with Crippen LogP contribution in [0, 0.1) is 0 Å². The lowest BCUT2D eigenvalue weighted by Crippen LogP contribution is -2.12. The molecule has 1 aromatic heterocycles. The first-order valence-electron chi connectivity index (χ1n) is 6.28. The van der Waals surface area contributed by atoms with Gasteiger partial charge in [0.2, 0.25) is 0 Å². The Bertz CT molecular complexity index is 590. The molecule has 0 saturated carbocycles. The van der Waals surface area contributed by atoms with Gasteiger partial charge in [0, 0.05) is 16.9 Å². The van der Waals surface area contributed by atoms with Gasteiger partial charge in [-0.05, 0) is 48.7 Å². The Morgan fingerprint density at radius 2 is 2.00 bits per heavy atom. The van der Waals surface area contributed by atoms with Crippen LogP contribution in [0.1, 0.15) is 17.5 Å². The van der Waals surface area contributed by atoms with Crippen molar-refractivity contribution in [2.45, 2.75) is 12.8 Å². The molecule has 0 fully saturated rings. The average Bonchev–Trinajstić information content (AvgIpc) is 2.44. The SMILES string of the molecule is NC(=S)c1ccc(Br)cc1OCCCc1ccncc1. The molecule has 0 aliphatic heterocycles. The van der Waals surface area contributed by atoms with E-state index in [1.165, 1.54) is 5.56 Å². The quantitative estimate of drug-likeness (QED) is 0.639. The number of hydrogen-bond donors (Lipinski definition) is 1. The van der Waals surface area contributed by atoms with E-state index in [0.717, 1.165) is 28.6 Å². The zero-order valence-electron chi connectivity index (χ0n) is 10.9. The summed E-state index contributed by atoms with van der Waals surface area (Å²) in [6.45, 7) is 0.619. The second-order valence-corrected chi connectivity index (χ2v) is 5.67. The van der Waals surface area contributed by atoms with Gasteiger partial charge in [-0.3, -0.25) is 4.98 Å². The van der Waals surface area contributed by atoms with Crippen LogP contribution in [0.4, 0.5) is 0 Å². The van der Waals surface area contributed by atoms with Crippen molar-refractivity contribution in [1.29, 1.82) is 0 Å². The summed E-state index contributed by atoms with van der Waals surface area (Å²) in [5.41, 5.74) is 7.72. The summed E-state index contributed by atoms with van der Waals surface area (Å²) in [5, 5.41) is 0. The minimum atomic E-state index is 0.349. The number of aromatic nitrogens is 1. The maximum Gasteiger partial charge on any atom is 0.130 e. The van der Waals surface area contributed by atoms with E-state index in [0.29, 0.717) is 11.6 Å². The van der Waals surface area contributed by atoms with Gasteiger partial charge in [0.05, 0.1) is 12.2 Å². The van der Waals surface area contributed by atoms with Gasteiger partial charge in [-0.25, -0.2) is 0 Å². The molecule has 2 rings (SSSR count). The van der Waals surface area contributed by atoms with Gasteiger partial charge < -0.3 is 10.5 Å². The Kier molecular flexibility index (Phi) is 5.49. The Balaban J connectivity index is 1.91. The molecule has 0 saturated heterocycles. The highest BCUT2D eigenvalue weighted by Gasteiger charge is 2.07. The smallest absolute Gasteiger partial charge is 0.130 e. The monoisotopic (exact) mass is 350 g/mol. The second kappa shape index (κ2) is 7.36. The van der Waals surface area contributed by atoms with E-state index in [1.54, 1.807) is 12.4 Å². The highest BCUT2D eigenvalue weighted by molar-refractivity contribution is 9.10. The molecule has 0 bridgehead atoms. The summed E-state index contributed by atoms with van der Waals surface area (Å²) in [4.78, 5) is 4.35. The van der Waals surface area contributed by atoms with Crippen LogP contribution in [-0.2, 0) is 6.42 Å². The van der Waals surface area contributed by atoms with Crippen LogP contribution in [0.25, 0.3) is 0 Å². The van der Waals surface area contributed by atoms with Crippen molar-refractivity contribution in [1.82, 2.24) is 4.98 Å². The maximum atomic E-state index is 5.79. The summed E-state index contributed by atoms with van der Waals surface area (Å²) in [6.07, 6.45) is 5.48. The number of thiocarbonyl (C=S) groups is 1. The summed E-state index contributed by atoms with van der Waals surface area (Å²) in [7, 11) is 0. The van der Waals surface area contributed by atoms with Crippen LogP contribution in [-0.4, -0.2) is 16.6 Å². The predicted molar refractivity (Wildman–Crippen MR) is 88.1 cm³/mol. The lowest BCUT2D eigenvalue weighted by molar-refractivity contribution is 0.310. The number of hydrogen-bond acceptors (Lipinski definition) is 3.